The minimum atomic E-state index is -0.811. The molecular weight excluding hydrogens is 326 g/mol. The number of nitro groups is 1. The highest BCUT2D eigenvalue weighted by atomic mass is 32.2. The van der Waals surface area contributed by atoms with Crippen molar-refractivity contribution in [3.05, 3.63) is 40.4 Å². The van der Waals surface area contributed by atoms with Crippen molar-refractivity contribution in [2.45, 2.75) is 31.4 Å². The van der Waals surface area contributed by atoms with E-state index in [1.165, 1.54) is 6.07 Å². The normalized spacial score (nSPS) is 20.2. The standard InChI is InChI=1S/C17H21N3O3S/c1-3-17(4-2)12-19(9-10-24(17)23)16-8-5-13-11-14(20(21)22)6-7-15(13)18-16/h5-8,11H,3-4,9-10,12H2,1-2H3. The largest absolute Gasteiger partial charge is 0.354 e. The van der Waals surface area contributed by atoms with E-state index in [4.69, 9.17) is 0 Å². The van der Waals surface area contributed by atoms with Crippen molar-refractivity contribution >= 4 is 33.2 Å². The molecule has 3 rings (SSSR count). The van der Waals surface area contributed by atoms with Crippen LogP contribution in [0.5, 0.6) is 0 Å². The molecule has 7 heteroatoms. The SMILES string of the molecule is CCC1(CC)CN(c2ccc3cc([N+](=O)[O-])ccc3n2)CCS1=O. The van der Waals surface area contributed by atoms with E-state index < -0.39 is 15.7 Å². The van der Waals surface area contributed by atoms with E-state index in [0.717, 1.165) is 42.7 Å². The van der Waals surface area contributed by atoms with Gasteiger partial charge in [-0.1, -0.05) is 13.8 Å². The molecule has 0 bridgehead atoms. The summed E-state index contributed by atoms with van der Waals surface area (Å²) in [5.74, 6) is 1.50. The number of pyridine rings is 1. The average molecular weight is 347 g/mol. The van der Waals surface area contributed by atoms with Gasteiger partial charge >= 0.3 is 0 Å². The Hall–Kier alpha value is -2.02. The summed E-state index contributed by atoms with van der Waals surface area (Å²) in [5, 5.41) is 11.6. The summed E-state index contributed by atoms with van der Waals surface area (Å²) in [6, 6.07) is 8.48. The summed E-state index contributed by atoms with van der Waals surface area (Å²) in [5.41, 5.74) is 0.810. The van der Waals surface area contributed by atoms with Gasteiger partial charge in [0.2, 0.25) is 0 Å². The second-order valence-electron chi connectivity index (χ2n) is 6.16. The van der Waals surface area contributed by atoms with E-state index in [2.05, 4.69) is 23.7 Å². The van der Waals surface area contributed by atoms with Gasteiger partial charge in [0.05, 0.1) is 15.2 Å². The van der Waals surface area contributed by atoms with Gasteiger partial charge in [-0.3, -0.25) is 14.3 Å². The quantitative estimate of drug-likeness (QED) is 0.627. The molecule has 2 aromatic rings. The van der Waals surface area contributed by atoms with Crippen LogP contribution in [0.15, 0.2) is 30.3 Å². The molecule has 6 nitrogen and oxygen atoms in total. The number of rotatable bonds is 4. The van der Waals surface area contributed by atoms with Gasteiger partial charge in [0.1, 0.15) is 5.82 Å². The molecule has 1 aliphatic heterocycles. The number of non-ortho nitro benzene ring substituents is 1. The molecule has 24 heavy (non-hydrogen) atoms. The van der Waals surface area contributed by atoms with Gasteiger partial charge in [-0.25, -0.2) is 4.98 Å². The molecule has 1 unspecified atom stereocenters. The highest BCUT2D eigenvalue weighted by Crippen LogP contribution is 2.31. The van der Waals surface area contributed by atoms with Crippen LogP contribution >= 0.6 is 0 Å². The molecular formula is C17H21N3O3S. The number of anilines is 1. The van der Waals surface area contributed by atoms with E-state index in [-0.39, 0.29) is 10.4 Å². The van der Waals surface area contributed by atoms with Crippen LogP contribution in [0, 0.1) is 10.1 Å². The van der Waals surface area contributed by atoms with Gasteiger partial charge in [-0.05, 0) is 31.0 Å². The number of benzene rings is 1. The lowest BCUT2D eigenvalue weighted by atomic mass is 10.0. The third-order valence-electron chi connectivity index (χ3n) is 4.99. The second-order valence-corrected chi connectivity index (χ2v) is 8.13. The minimum absolute atomic E-state index is 0.0707. The molecule has 1 aromatic heterocycles. The topological polar surface area (TPSA) is 76.3 Å². The molecule has 1 aromatic carbocycles. The summed E-state index contributed by atoms with van der Waals surface area (Å²) in [6.07, 6.45) is 1.76. The number of fused-ring (bicyclic) bond motifs is 1. The first-order valence-electron chi connectivity index (χ1n) is 8.18. The number of aromatic nitrogens is 1. The average Bonchev–Trinajstić information content (AvgIpc) is 2.61. The minimum Gasteiger partial charge on any atom is -0.354 e. The van der Waals surface area contributed by atoms with Crippen LogP contribution in [0.3, 0.4) is 0 Å². The van der Waals surface area contributed by atoms with Crippen molar-refractivity contribution in [3.8, 4) is 0 Å². The summed E-state index contributed by atoms with van der Waals surface area (Å²) < 4.78 is 12.3. The Balaban J connectivity index is 1.93. The maximum atomic E-state index is 12.5. The van der Waals surface area contributed by atoms with Crippen LogP contribution < -0.4 is 4.90 Å². The molecule has 1 aliphatic rings. The smallest absolute Gasteiger partial charge is 0.270 e. The van der Waals surface area contributed by atoms with Crippen LogP contribution in [0.1, 0.15) is 26.7 Å². The van der Waals surface area contributed by atoms with E-state index in [0.29, 0.717) is 5.75 Å². The van der Waals surface area contributed by atoms with E-state index >= 15 is 0 Å². The molecule has 0 saturated carbocycles. The predicted molar refractivity (Wildman–Crippen MR) is 96.9 cm³/mol. The van der Waals surface area contributed by atoms with Crippen LogP contribution in [-0.2, 0) is 10.8 Å². The van der Waals surface area contributed by atoms with E-state index in [9.17, 15) is 14.3 Å². The lowest BCUT2D eigenvalue weighted by molar-refractivity contribution is -0.384. The fourth-order valence-corrected chi connectivity index (χ4v) is 5.05. The van der Waals surface area contributed by atoms with Crippen molar-refractivity contribution in [3.63, 3.8) is 0 Å². The zero-order valence-corrected chi connectivity index (χ0v) is 14.7. The van der Waals surface area contributed by atoms with Crippen molar-refractivity contribution in [2.24, 2.45) is 0 Å². The first-order chi connectivity index (χ1) is 11.5. The van der Waals surface area contributed by atoms with Crippen molar-refractivity contribution in [1.82, 2.24) is 4.98 Å². The van der Waals surface area contributed by atoms with Crippen molar-refractivity contribution < 1.29 is 9.13 Å². The first-order valence-corrected chi connectivity index (χ1v) is 9.49. The van der Waals surface area contributed by atoms with Gasteiger partial charge in [0, 0.05) is 47.2 Å². The van der Waals surface area contributed by atoms with Gasteiger partial charge in [-0.15, -0.1) is 0 Å². The monoisotopic (exact) mass is 347 g/mol. The summed E-state index contributed by atoms with van der Waals surface area (Å²) in [4.78, 5) is 17.3. The molecule has 1 fully saturated rings. The Morgan fingerprint density at radius 1 is 1.29 bits per heavy atom. The first kappa shape index (κ1) is 16.8. The number of hydrogen-bond acceptors (Lipinski definition) is 5. The highest BCUT2D eigenvalue weighted by Gasteiger charge is 2.39. The maximum Gasteiger partial charge on any atom is 0.270 e. The molecule has 128 valence electrons. The molecule has 0 spiro atoms. The Kier molecular flexibility index (Phi) is 4.54. The Morgan fingerprint density at radius 2 is 2.04 bits per heavy atom. The summed E-state index contributed by atoms with van der Waals surface area (Å²) >= 11 is 0. The zero-order valence-electron chi connectivity index (χ0n) is 13.9. The third-order valence-corrected chi connectivity index (χ3v) is 7.22. The van der Waals surface area contributed by atoms with Crippen molar-refractivity contribution in [2.75, 3.05) is 23.7 Å². The lowest BCUT2D eigenvalue weighted by Crippen LogP contribution is -2.53. The Morgan fingerprint density at radius 3 is 2.71 bits per heavy atom. The number of hydrogen-bond donors (Lipinski definition) is 0. The molecule has 1 atom stereocenters. The van der Waals surface area contributed by atoms with Gasteiger partial charge in [0.15, 0.2) is 0 Å². The second kappa shape index (κ2) is 6.47. The van der Waals surface area contributed by atoms with Crippen LogP contribution in [-0.4, -0.2) is 37.7 Å². The molecule has 1 saturated heterocycles. The molecule has 0 radical (unpaired) electrons. The van der Waals surface area contributed by atoms with Crippen LogP contribution in [0.4, 0.5) is 11.5 Å². The fraction of sp³-hybridized carbons (Fsp3) is 0.471. The van der Waals surface area contributed by atoms with Crippen LogP contribution in [0.2, 0.25) is 0 Å². The lowest BCUT2D eigenvalue weighted by Gasteiger charge is -2.41. The van der Waals surface area contributed by atoms with E-state index in [1.54, 1.807) is 12.1 Å². The number of nitro benzene ring substituents is 1. The maximum absolute atomic E-state index is 12.5. The van der Waals surface area contributed by atoms with Gasteiger partial charge in [0.25, 0.3) is 5.69 Å². The van der Waals surface area contributed by atoms with E-state index in [1.807, 2.05) is 12.1 Å². The molecule has 2 heterocycles. The number of nitrogens with zero attached hydrogens (tertiary/aromatic N) is 3. The molecule has 0 N–H and O–H groups in total. The van der Waals surface area contributed by atoms with Gasteiger partial charge in [-0.2, -0.15) is 0 Å². The van der Waals surface area contributed by atoms with Gasteiger partial charge < -0.3 is 4.90 Å². The zero-order chi connectivity index (χ0) is 17.3. The molecule has 0 aliphatic carbocycles. The molecule has 0 amide bonds. The summed E-state index contributed by atoms with van der Waals surface area (Å²) in [7, 11) is -0.811. The fourth-order valence-electron chi connectivity index (χ4n) is 3.29. The highest BCUT2D eigenvalue weighted by molar-refractivity contribution is 7.86. The third kappa shape index (κ3) is 2.88. The predicted octanol–water partition coefficient (Wildman–Crippen LogP) is 3.27. The Bertz CT molecular complexity index is 805. The summed E-state index contributed by atoms with van der Waals surface area (Å²) in [6.45, 7) is 5.65. The Labute approximate surface area is 143 Å². The van der Waals surface area contributed by atoms with Crippen LogP contribution in [0.25, 0.3) is 10.9 Å². The van der Waals surface area contributed by atoms with Crippen molar-refractivity contribution in [1.29, 1.82) is 0 Å².